The predicted octanol–water partition coefficient (Wildman–Crippen LogP) is 2.59. The molecule has 0 aromatic rings. The zero-order valence-electron chi connectivity index (χ0n) is 7.59. The van der Waals surface area contributed by atoms with Crippen molar-refractivity contribution in [2.24, 2.45) is 0 Å². The van der Waals surface area contributed by atoms with E-state index in [0.29, 0.717) is 0 Å². The molecule has 0 unspecified atom stereocenters. The average molecular weight is 175 g/mol. The number of thioether (sulfide) groups is 1. The summed E-state index contributed by atoms with van der Waals surface area (Å²) in [6.45, 7) is 5.90. The molecule has 0 atom stereocenters. The Balaban J connectivity index is 3.65. The van der Waals surface area contributed by atoms with Crippen molar-refractivity contribution in [2.45, 2.75) is 26.7 Å². The molecule has 0 aliphatic carbocycles. The monoisotopic (exact) mass is 175 g/mol. The second-order valence-electron chi connectivity index (χ2n) is 2.40. The normalized spacial score (nSPS) is 9.73. The number of nitrogens with zero attached hydrogens (tertiary/aromatic N) is 1. The topological polar surface area (TPSA) is 20.3 Å². The molecule has 2 nitrogen and oxygen atoms in total. The summed E-state index contributed by atoms with van der Waals surface area (Å²) < 4.78 is 0. The third-order valence-corrected chi connectivity index (χ3v) is 2.20. The largest absolute Gasteiger partial charge is 0.334 e. The van der Waals surface area contributed by atoms with Gasteiger partial charge < -0.3 is 4.90 Å². The minimum Gasteiger partial charge on any atom is -0.334 e. The molecule has 0 saturated heterocycles. The van der Waals surface area contributed by atoms with Crippen LogP contribution in [-0.4, -0.2) is 29.5 Å². The van der Waals surface area contributed by atoms with Crippen LogP contribution in [0.25, 0.3) is 0 Å². The minimum atomic E-state index is 0.195. The molecule has 0 saturated carbocycles. The van der Waals surface area contributed by atoms with Gasteiger partial charge in [-0.05, 0) is 19.6 Å². The van der Waals surface area contributed by atoms with Gasteiger partial charge in [-0.15, -0.1) is 0 Å². The van der Waals surface area contributed by atoms with Crippen molar-refractivity contribution in [3.8, 4) is 0 Å². The summed E-state index contributed by atoms with van der Waals surface area (Å²) >= 11 is 1.29. The Morgan fingerprint density at radius 2 is 2.09 bits per heavy atom. The van der Waals surface area contributed by atoms with E-state index in [2.05, 4.69) is 6.92 Å². The van der Waals surface area contributed by atoms with Crippen LogP contribution in [0.3, 0.4) is 0 Å². The van der Waals surface area contributed by atoms with E-state index in [1.54, 1.807) is 0 Å². The van der Waals surface area contributed by atoms with Crippen LogP contribution >= 0.6 is 11.8 Å². The van der Waals surface area contributed by atoms with Gasteiger partial charge in [-0.1, -0.05) is 25.1 Å². The molecule has 0 heterocycles. The lowest BCUT2D eigenvalue weighted by molar-refractivity contribution is 0.225. The van der Waals surface area contributed by atoms with Gasteiger partial charge >= 0.3 is 0 Å². The van der Waals surface area contributed by atoms with Crippen molar-refractivity contribution >= 4 is 17.0 Å². The van der Waals surface area contributed by atoms with Crippen molar-refractivity contribution in [3.05, 3.63) is 0 Å². The molecule has 0 aromatic heterocycles. The van der Waals surface area contributed by atoms with Gasteiger partial charge in [-0.25, -0.2) is 0 Å². The first-order valence-electron chi connectivity index (χ1n) is 4.09. The van der Waals surface area contributed by atoms with Crippen LogP contribution in [0, 0.1) is 0 Å². The summed E-state index contributed by atoms with van der Waals surface area (Å²) in [5.74, 6) is 0. The number of amides is 1. The second kappa shape index (κ2) is 6.53. The van der Waals surface area contributed by atoms with Crippen LogP contribution in [0.1, 0.15) is 26.7 Å². The highest BCUT2D eigenvalue weighted by molar-refractivity contribution is 8.12. The Morgan fingerprint density at radius 1 is 1.45 bits per heavy atom. The van der Waals surface area contributed by atoms with Gasteiger partial charge in [0.25, 0.3) is 5.24 Å². The van der Waals surface area contributed by atoms with E-state index in [4.69, 9.17) is 0 Å². The van der Waals surface area contributed by atoms with Crippen molar-refractivity contribution in [1.82, 2.24) is 4.90 Å². The number of hydrogen-bond acceptors (Lipinski definition) is 2. The summed E-state index contributed by atoms with van der Waals surface area (Å²) in [5, 5.41) is 0.195. The fraction of sp³-hybridized carbons (Fsp3) is 0.875. The minimum absolute atomic E-state index is 0.195. The molecule has 0 bridgehead atoms. The molecule has 0 aliphatic heterocycles. The van der Waals surface area contributed by atoms with Gasteiger partial charge in [0.05, 0.1) is 0 Å². The number of carbonyl (C=O) groups excluding carboxylic acids is 1. The van der Waals surface area contributed by atoms with Crippen LogP contribution < -0.4 is 0 Å². The lowest BCUT2D eigenvalue weighted by atomic mass is 10.3. The molecule has 1 amide bonds. The first-order chi connectivity index (χ1) is 5.26. The van der Waals surface area contributed by atoms with E-state index in [-0.39, 0.29) is 5.24 Å². The summed E-state index contributed by atoms with van der Waals surface area (Å²) in [5.41, 5.74) is 0. The zero-order valence-corrected chi connectivity index (χ0v) is 8.41. The summed E-state index contributed by atoms with van der Waals surface area (Å²) in [7, 11) is 0. The van der Waals surface area contributed by atoms with Crippen molar-refractivity contribution < 1.29 is 4.79 Å². The third kappa shape index (κ3) is 4.30. The number of rotatable bonds is 4. The highest BCUT2D eigenvalue weighted by Gasteiger charge is 2.07. The van der Waals surface area contributed by atoms with Gasteiger partial charge in [-0.2, -0.15) is 0 Å². The summed E-state index contributed by atoms with van der Waals surface area (Å²) in [4.78, 5) is 13.0. The maximum absolute atomic E-state index is 11.1. The van der Waals surface area contributed by atoms with E-state index in [9.17, 15) is 4.79 Å². The first kappa shape index (κ1) is 10.8. The van der Waals surface area contributed by atoms with E-state index in [0.717, 1.165) is 25.9 Å². The molecule has 3 heteroatoms. The van der Waals surface area contributed by atoms with Crippen molar-refractivity contribution in [3.63, 3.8) is 0 Å². The van der Waals surface area contributed by atoms with Crippen molar-refractivity contribution in [2.75, 3.05) is 19.3 Å². The molecule has 0 radical (unpaired) electrons. The van der Waals surface area contributed by atoms with E-state index in [1.165, 1.54) is 11.8 Å². The maximum atomic E-state index is 11.1. The molecule has 11 heavy (non-hydrogen) atoms. The molecular weight excluding hydrogens is 158 g/mol. The quantitative estimate of drug-likeness (QED) is 0.654. The molecule has 0 aliphatic rings. The Bertz CT molecular complexity index is 117. The lowest BCUT2D eigenvalue weighted by Crippen LogP contribution is -2.28. The van der Waals surface area contributed by atoms with E-state index >= 15 is 0 Å². The van der Waals surface area contributed by atoms with Crippen LogP contribution in [-0.2, 0) is 0 Å². The van der Waals surface area contributed by atoms with Crippen LogP contribution in [0.2, 0.25) is 0 Å². The standard InChI is InChI=1S/C8H17NOS/c1-4-6-7-9(5-2)8(10)11-3/h4-7H2,1-3H3. The summed E-state index contributed by atoms with van der Waals surface area (Å²) in [6, 6.07) is 0. The molecule has 0 N–H and O–H groups in total. The van der Waals surface area contributed by atoms with Crippen LogP contribution in [0.4, 0.5) is 4.79 Å². The molecule has 0 fully saturated rings. The number of unbranched alkanes of at least 4 members (excludes halogenated alkanes) is 1. The van der Waals surface area contributed by atoms with E-state index in [1.807, 2.05) is 18.1 Å². The predicted molar refractivity (Wildman–Crippen MR) is 51.1 cm³/mol. The van der Waals surface area contributed by atoms with E-state index < -0.39 is 0 Å². The first-order valence-corrected chi connectivity index (χ1v) is 5.31. The molecule has 0 rings (SSSR count). The van der Waals surface area contributed by atoms with Crippen LogP contribution in [0.15, 0.2) is 0 Å². The Kier molecular flexibility index (Phi) is 6.42. The highest BCUT2D eigenvalue weighted by atomic mass is 32.2. The maximum Gasteiger partial charge on any atom is 0.281 e. The van der Waals surface area contributed by atoms with Gasteiger partial charge in [-0.3, -0.25) is 4.79 Å². The molecular formula is C8H17NOS. The van der Waals surface area contributed by atoms with Gasteiger partial charge in [0, 0.05) is 13.1 Å². The summed E-state index contributed by atoms with van der Waals surface area (Å²) in [6.07, 6.45) is 4.09. The van der Waals surface area contributed by atoms with Gasteiger partial charge in [0.2, 0.25) is 0 Å². The number of hydrogen-bond donors (Lipinski definition) is 0. The van der Waals surface area contributed by atoms with Crippen molar-refractivity contribution in [1.29, 1.82) is 0 Å². The fourth-order valence-electron chi connectivity index (χ4n) is 0.857. The SMILES string of the molecule is CCCCN(CC)C(=O)SC. The average Bonchev–Trinajstić information content (AvgIpc) is 2.05. The molecule has 66 valence electrons. The fourth-order valence-corrected chi connectivity index (χ4v) is 1.34. The van der Waals surface area contributed by atoms with Crippen LogP contribution in [0.5, 0.6) is 0 Å². The lowest BCUT2D eigenvalue weighted by Gasteiger charge is -2.18. The number of carbonyl (C=O) groups is 1. The highest BCUT2D eigenvalue weighted by Crippen LogP contribution is 2.05. The van der Waals surface area contributed by atoms with Gasteiger partial charge in [0.1, 0.15) is 0 Å². The Labute approximate surface area is 73.3 Å². The smallest absolute Gasteiger partial charge is 0.281 e. The Hall–Kier alpha value is -0.180. The zero-order chi connectivity index (χ0) is 8.69. The second-order valence-corrected chi connectivity index (χ2v) is 3.16. The molecule has 0 aromatic carbocycles. The third-order valence-electron chi connectivity index (χ3n) is 1.60. The molecule has 0 spiro atoms. The Morgan fingerprint density at radius 3 is 2.45 bits per heavy atom. The van der Waals surface area contributed by atoms with Gasteiger partial charge in [0.15, 0.2) is 0 Å².